The number of benzene rings is 1. The Kier molecular flexibility index (Phi) is 4.72. The van der Waals surface area contributed by atoms with Crippen LogP contribution in [-0.2, 0) is 14.8 Å². The van der Waals surface area contributed by atoms with Crippen LogP contribution in [0.25, 0.3) is 0 Å². The fraction of sp³-hybridized carbons (Fsp3) is 0.333. The van der Waals surface area contributed by atoms with Gasteiger partial charge in [-0.1, -0.05) is 17.7 Å². The summed E-state index contributed by atoms with van der Waals surface area (Å²) in [6.45, 7) is 1.82. The van der Waals surface area contributed by atoms with Crippen molar-refractivity contribution in [1.82, 2.24) is 9.21 Å². The van der Waals surface area contributed by atoms with Crippen molar-refractivity contribution in [2.45, 2.75) is 11.8 Å². The van der Waals surface area contributed by atoms with Crippen LogP contribution in [0.15, 0.2) is 29.2 Å². The number of nitrogens with zero attached hydrogens (tertiary/aromatic N) is 2. The number of aryl methyl sites for hydroxylation is 1. The van der Waals surface area contributed by atoms with E-state index in [1.54, 1.807) is 12.1 Å². The molecule has 0 spiro atoms. The second-order valence-corrected chi connectivity index (χ2v) is 6.07. The maximum atomic E-state index is 12.2. The molecule has 0 atom stereocenters. The first-order chi connectivity index (χ1) is 9.21. The first kappa shape index (κ1) is 16.0. The molecule has 1 aromatic carbocycles. The van der Waals surface area contributed by atoms with E-state index in [4.69, 9.17) is 0 Å². The van der Waals surface area contributed by atoms with Gasteiger partial charge in [0.15, 0.2) is 0 Å². The van der Waals surface area contributed by atoms with Gasteiger partial charge in [-0.2, -0.15) is 0 Å². The number of amides is 3. The van der Waals surface area contributed by atoms with Crippen molar-refractivity contribution in [1.29, 1.82) is 0 Å². The molecule has 0 bridgehead atoms. The molecular formula is C12H16N2O5S. The molecule has 7 nitrogen and oxygen atoms in total. The van der Waals surface area contributed by atoms with E-state index < -0.39 is 22.1 Å². The van der Waals surface area contributed by atoms with Gasteiger partial charge >= 0.3 is 12.1 Å². The highest BCUT2D eigenvalue weighted by atomic mass is 32.2. The molecule has 1 aromatic rings. The molecule has 0 saturated carbocycles. The molecule has 0 radical (unpaired) electrons. The Bertz CT molecular complexity index is 609. The highest BCUT2D eigenvalue weighted by molar-refractivity contribution is 7.89. The molecule has 8 heteroatoms. The van der Waals surface area contributed by atoms with Crippen molar-refractivity contribution in [2.24, 2.45) is 0 Å². The lowest BCUT2D eigenvalue weighted by molar-refractivity contribution is 0.133. The number of methoxy groups -OCH3 is 1. The van der Waals surface area contributed by atoms with Gasteiger partial charge in [-0.25, -0.2) is 27.2 Å². The summed E-state index contributed by atoms with van der Waals surface area (Å²) in [7, 11) is -0.695. The fourth-order valence-corrected chi connectivity index (χ4v) is 2.52. The zero-order valence-electron chi connectivity index (χ0n) is 11.7. The van der Waals surface area contributed by atoms with Gasteiger partial charge in [-0.15, -0.1) is 0 Å². The summed E-state index contributed by atoms with van der Waals surface area (Å²) in [5, 5.41) is 0. The summed E-state index contributed by atoms with van der Waals surface area (Å²) in [5.74, 6) is 0. The van der Waals surface area contributed by atoms with Gasteiger partial charge in [0, 0.05) is 14.1 Å². The lowest BCUT2D eigenvalue weighted by Gasteiger charge is -2.22. The molecule has 0 unspecified atom stereocenters. The van der Waals surface area contributed by atoms with Crippen LogP contribution in [0, 0.1) is 6.92 Å². The molecule has 3 amide bonds. The molecule has 0 N–H and O–H groups in total. The Morgan fingerprint density at radius 1 is 1.10 bits per heavy atom. The smallest absolute Gasteiger partial charge is 0.417 e. The summed E-state index contributed by atoms with van der Waals surface area (Å²) in [6, 6.07) is 5.03. The van der Waals surface area contributed by atoms with Crippen molar-refractivity contribution >= 4 is 22.1 Å². The van der Waals surface area contributed by atoms with E-state index in [9.17, 15) is 18.0 Å². The molecule has 1 rings (SSSR count). The average Bonchev–Trinajstić information content (AvgIpc) is 2.44. The minimum atomic E-state index is -4.01. The highest BCUT2D eigenvalue weighted by Crippen LogP contribution is 2.16. The topological polar surface area (TPSA) is 84.0 Å². The third kappa shape index (κ3) is 3.08. The molecule has 0 fully saturated rings. The van der Waals surface area contributed by atoms with E-state index in [0.29, 0.717) is 9.21 Å². The molecule has 0 heterocycles. The van der Waals surface area contributed by atoms with Crippen LogP contribution in [0.3, 0.4) is 0 Å². The quantitative estimate of drug-likeness (QED) is 0.825. The minimum absolute atomic E-state index is 0.0304. The predicted octanol–water partition coefficient (Wildman–Crippen LogP) is 1.43. The first-order valence-electron chi connectivity index (χ1n) is 5.63. The number of sulfonamides is 1. The zero-order valence-corrected chi connectivity index (χ0v) is 12.5. The van der Waals surface area contributed by atoms with Crippen molar-refractivity contribution in [3.8, 4) is 0 Å². The fourth-order valence-electron chi connectivity index (χ4n) is 1.40. The largest absolute Gasteiger partial charge is 0.452 e. The number of urea groups is 1. The first-order valence-corrected chi connectivity index (χ1v) is 7.07. The van der Waals surface area contributed by atoms with Crippen LogP contribution >= 0.6 is 0 Å². The van der Waals surface area contributed by atoms with E-state index >= 15 is 0 Å². The van der Waals surface area contributed by atoms with Crippen LogP contribution in [0.2, 0.25) is 0 Å². The average molecular weight is 300 g/mol. The zero-order chi connectivity index (χ0) is 15.5. The molecule has 0 aliphatic carbocycles. The number of hydrogen-bond acceptors (Lipinski definition) is 5. The van der Waals surface area contributed by atoms with Crippen LogP contribution in [-0.4, -0.2) is 51.0 Å². The molecule has 0 aliphatic rings. The molecule has 0 saturated heterocycles. The minimum Gasteiger partial charge on any atom is -0.452 e. The third-order valence-electron chi connectivity index (χ3n) is 2.68. The predicted molar refractivity (Wildman–Crippen MR) is 71.7 cm³/mol. The summed E-state index contributed by atoms with van der Waals surface area (Å²) in [5.41, 5.74) is 0.893. The number of carbonyl (C=O) groups excluding carboxylic acids is 2. The van der Waals surface area contributed by atoms with E-state index in [1.165, 1.54) is 12.1 Å². The monoisotopic (exact) mass is 300 g/mol. The summed E-state index contributed by atoms with van der Waals surface area (Å²) >= 11 is 0. The summed E-state index contributed by atoms with van der Waals surface area (Å²) < 4.78 is 29.3. The van der Waals surface area contributed by atoms with Gasteiger partial charge in [0.05, 0.1) is 12.0 Å². The molecule has 110 valence electrons. The number of hydrogen-bond donors (Lipinski definition) is 0. The van der Waals surface area contributed by atoms with Gasteiger partial charge in [0.2, 0.25) is 0 Å². The van der Waals surface area contributed by atoms with E-state index in [2.05, 4.69) is 4.74 Å². The van der Waals surface area contributed by atoms with Gasteiger partial charge < -0.3 is 4.74 Å². The Morgan fingerprint density at radius 3 is 2.05 bits per heavy atom. The van der Waals surface area contributed by atoms with Crippen LogP contribution < -0.4 is 0 Å². The van der Waals surface area contributed by atoms with Crippen molar-refractivity contribution < 1.29 is 22.7 Å². The molecule has 0 aromatic heterocycles. The Labute approximate surface area is 117 Å². The van der Waals surface area contributed by atoms with Crippen molar-refractivity contribution in [3.63, 3.8) is 0 Å². The number of imide groups is 1. The van der Waals surface area contributed by atoms with Crippen LogP contribution in [0.1, 0.15) is 5.56 Å². The van der Waals surface area contributed by atoms with Gasteiger partial charge in [0.25, 0.3) is 10.0 Å². The molecule has 0 aliphatic heterocycles. The number of rotatable bonds is 2. The second-order valence-electron chi connectivity index (χ2n) is 4.10. The summed E-state index contributed by atoms with van der Waals surface area (Å²) in [6.07, 6.45) is -0.944. The van der Waals surface area contributed by atoms with E-state index in [-0.39, 0.29) is 4.90 Å². The Balaban J connectivity index is 3.06. The van der Waals surface area contributed by atoms with E-state index in [1.807, 2.05) is 6.92 Å². The van der Waals surface area contributed by atoms with Gasteiger partial charge in [0.1, 0.15) is 0 Å². The molecular weight excluding hydrogens is 284 g/mol. The Morgan fingerprint density at radius 2 is 1.60 bits per heavy atom. The molecule has 20 heavy (non-hydrogen) atoms. The van der Waals surface area contributed by atoms with Gasteiger partial charge in [-0.05, 0) is 19.1 Å². The number of ether oxygens (including phenoxy) is 1. The van der Waals surface area contributed by atoms with Crippen molar-refractivity contribution in [2.75, 3.05) is 21.2 Å². The highest BCUT2D eigenvalue weighted by Gasteiger charge is 2.30. The maximum Gasteiger partial charge on any atom is 0.417 e. The third-order valence-corrected chi connectivity index (χ3v) is 4.43. The SMILES string of the molecule is COC(=O)N(C)C(=O)N(C)S(=O)(=O)c1ccc(C)cc1. The van der Waals surface area contributed by atoms with Crippen LogP contribution in [0.5, 0.6) is 0 Å². The standard InChI is InChI=1S/C12H16N2O5S/c1-9-5-7-10(8-6-9)20(17,18)14(3)11(15)13(2)12(16)19-4/h5-8H,1-4H3. The number of carbonyl (C=O) groups is 2. The maximum absolute atomic E-state index is 12.2. The Hall–Kier alpha value is -2.09. The lowest BCUT2D eigenvalue weighted by atomic mass is 10.2. The second kappa shape index (κ2) is 5.91. The van der Waals surface area contributed by atoms with Gasteiger partial charge in [-0.3, -0.25) is 0 Å². The lowest BCUT2D eigenvalue weighted by Crippen LogP contribution is -2.44. The van der Waals surface area contributed by atoms with Crippen molar-refractivity contribution in [3.05, 3.63) is 29.8 Å². The summed E-state index contributed by atoms with van der Waals surface area (Å²) in [4.78, 5) is 23.7. The van der Waals surface area contributed by atoms with E-state index in [0.717, 1.165) is 26.8 Å². The normalized spacial score (nSPS) is 10.8. The van der Waals surface area contributed by atoms with Crippen LogP contribution in [0.4, 0.5) is 9.59 Å².